The molecule has 10 nitrogen and oxygen atoms in total. The molecule has 0 fully saturated rings. The van der Waals surface area contributed by atoms with Crippen molar-refractivity contribution < 1.29 is 22.9 Å². The summed E-state index contributed by atoms with van der Waals surface area (Å²) in [5.41, 5.74) is 3.36. The molecule has 1 rings (SSSR count). The Labute approximate surface area is 119 Å². The van der Waals surface area contributed by atoms with Gasteiger partial charge in [0.1, 0.15) is 0 Å². The Bertz CT molecular complexity index is 671. The zero-order chi connectivity index (χ0) is 16.2. The first-order chi connectivity index (χ1) is 9.64. The average Bonchev–Trinajstić information content (AvgIpc) is 2.37. The van der Waals surface area contributed by atoms with Gasteiger partial charge in [0.25, 0.3) is 15.7 Å². The Hall–Kier alpha value is -2.53. The number of benzene rings is 1. The first-order valence-corrected chi connectivity index (χ1v) is 6.93. The van der Waals surface area contributed by atoms with Crippen LogP contribution in [-0.4, -0.2) is 29.7 Å². The summed E-state index contributed by atoms with van der Waals surface area (Å²) < 4.78 is 24.7. The molecular formula is C10H12N4O6S. The highest BCUT2D eigenvalue weighted by molar-refractivity contribution is 7.89. The number of nitrogens with zero attached hydrogens (tertiary/aromatic N) is 2. The number of nitro benzene ring substituents is 1. The van der Waals surface area contributed by atoms with Crippen LogP contribution < -0.4 is 10.9 Å². The molecule has 21 heavy (non-hydrogen) atoms. The third-order valence-corrected chi connectivity index (χ3v) is 3.60. The zero-order valence-electron chi connectivity index (χ0n) is 11.1. The quantitative estimate of drug-likeness (QED) is 0.564. The van der Waals surface area contributed by atoms with Gasteiger partial charge in [0.2, 0.25) is 11.8 Å². The van der Waals surface area contributed by atoms with Crippen molar-refractivity contribution in [2.24, 2.45) is 0 Å². The third-order valence-electron chi connectivity index (χ3n) is 2.08. The molecule has 11 heteroatoms. The van der Waals surface area contributed by atoms with Gasteiger partial charge in [-0.3, -0.25) is 30.6 Å². The molecule has 0 unspecified atom stereocenters. The maximum atomic E-state index is 12.3. The van der Waals surface area contributed by atoms with Crippen LogP contribution in [0.1, 0.15) is 13.8 Å². The van der Waals surface area contributed by atoms with Crippen molar-refractivity contribution in [3.63, 3.8) is 0 Å². The van der Waals surface area contributed by atoms with Crippen LogP contribution in [0.2, 0.25) is 0 Å². The van der Waals surface area contributed by atoms with E-state index in [1.54, 1.807) is 0 Å². The molecule has 0 saturated carbocycles. The van der Waals surface area contributed by atoms with Crippen molar-refractivity contribution >= 4 is 27.5 Å². The number of hydrogen-bond acceptors (Lipinski definition) is 6. The van der Waals surface area contributed by atoms with Crippen molar-refractivity contribution in [2.75, 3.05) is 0 Å². The Morgan fingerprint density at radius 2 is 1.71 bits per heavy atom. The fraction of sp³-hybridized carbons (Fsp3) is 0.200. The lowest BCUT2D eigenvalue weighted by molar-refractivity contribution is -0.385. The normalized spacial score (nSPS) is 11.0. The minimum atomic E-state index is -4.38. The summed E-state index contributed by atoms with van der Waals surface area (Å²) in [6.07, 6.45) is 0. The van der Waals surface area contributed by atoms with E-state index in [2.05, 4.69) is 0 Å². The number of hydrazine groups is 2. The number of sulfonamides is 1. The molecule has 0 radical (unpaired) electrons. The number of non-ortho nitro benzene ring substituents is 1. The van der Waals surface area contributed by atoms with Gasteiger partial charge >= 0.3 is 0 Å². The molecule has 0 aliphatic rings. The van der Waals surface area contributed by atoms with E-state index in [-0.39, 0.29) is 4.52 Å². The fourth-order valence-corrected chi connectivity index (χ4v) is 2.53. The first-order valence-electron chi connectivity index (χ1n) is 5.49. The highest BCUT2D eigenvalue weighted by Crippen LogP contribution is 2.19. The van der Waals surface area contributed by atoms with Gasteiger partial charge in [-0.05, 0) is 10.6 Å². The van der Waals surface area contributed by atoms with E-state index in [4.69, 9.17) is 0 Å². The summed E-state index contributed by atoms with van der Waals surface area (Å²) in [5.74, 6) is -1.50. The van der Waals surface area contributed by atoms with E-state index in [1.165, 1.54) is 6.07 Å². The lowest BCUT2D eigenvalue weighted by atomic mass is 10.3. The standard InChI is InChI=1S/C10H12N4O6S/c1-7(15)11-14(12-8(2)16)21(19,20)10-5-3-4-9(6-10)13(17)18/h3-6H,1-2H3,(H,11,15)(H,12,16). The summed E-state index contributed by atoms with van der Waals surface area (Å²) in [4.78, 5) is 31.5. The monoisotopic (exact) mass is 316 g/mol. The van der Waals surface area contributed by atoms with Crippen molar-refractivity contribution in [3.8, 4) is 0 Å². The molecule has 0 saturated heterocycles. The predicted octanol–water partition coefficient (Wildman–Crippen LogP) is -0.312. The van der Waals surface area contributed by atoms with E-state index < -0.39 is 37.3 Å². The molecule has 0 heterocycles. The number of carbonyl (C=O) groups excluding carboxylic acids is 2. The minimum Gasteiger partial charge on any atom is -0.274 e. The van der Waals surface area contributed by atoms with E-state index >= 15 is 0 Å². The largest absolute Gasteiger partial charge is 0.278 e. The second-order valence-electron chi connectivity index (χ2n) is 3.86. The van der Waals surface area contributed by atoms with Gasteiger partial charge in [0.15, 0.2) is 0 Å². The number of nitrogens with one attached hydrogen (secondary N) is 2. The van der Waals surface area contributed by atoms with Gasteiger partial charge in [-0.1, -0.05) is 6.07 Å². The smallest absolute Gasteiger partial charge is 0.274 e. The maximum absolute atomic E-state index is 12.3. The SMILES string of the molecule is CC(=O)NN(NC(C)=O)S(=O)(=O)c1cccc([N+](=O)[O-])c1. The van der Waals surface area contributed by atoms with Crippen molar-refractivity contribution in [3.05, 3.63) is 34.4 Å². The van der Waals surface area contributed by atoms with Crippen LogP contribution in [0.3, 0.4) is 0 Å². The van der Waals surface area contributed by atoms with Crippen molar-refractivity contribution in [1.82, 2.24) is 15.4 Å². The predicted molar refractivity (Wildman–Crippen MR) is 69.8 cm³/mol. The van der Waals surface area contributed by atoms with Crippen LogP contribution in [0.5, 0.6) is 0 Å². The highest BCUT2D eigenvalue weighted by atomic mass is 32.2. The summed E-state index contributed by atoms with van der Waals surface area (Å²) in [6.45, 7) is 2.08. The lowest BCUT2D eigenvalue weighted by Gasteiger charge is -2.21. The third kappa shape index (κ3) is 4.22. The van der Waals surface area contributed by atoms with Crippen LogP contribution in [-0.2, 0) is 19.6 Å². The molecule has 0 spiro atoms. The molecule has 0 aliphatic carbocycles. The van der Waals surface area contributed by atoms with Crippen LogP contribution in [0.25, 0.3) is 0 Å². The van der Waals surface area contributed by atoms with E-state index in [0.29, 0.717) is 0 Å². The van der Waals surface area contributed by atoms with Gasteiger partial charge in [-0.15, -0.1) is 0 Å². The van der Waals surface area contributed by atoms with E-state index in [9.17, 15) is 28.1 Å². The van der Waals surface area contributed by atoms with E-state index in [1.807, 2.05) is 10.9 Å². The first kappa shape index (κ1) is 16.5. The maximum Gasteiger partial charge on any atom is 0.278 e. The number of rotatable bonds is 5. The lowest BCUT2D eigenvalue weighted by Crippen LogP contribution is -2.54. The molecular weight excluding hydrogens is 304 g/mol. The summed E-state index contributed by atoms with van der Waals surface area (Å²) in [5, 5.41) is 10.7. The topological polar surface area (TPSA) is 139 Å². The molecule has 1 aromatic rings. The molecule has 1 aromatic carbocycles. The molecule has 2 N–H and O–H groups in total. The molecule has 114 valence electrons. The Kier molecular flexibility index (Phi) is 4.94. The van der Waals surface area contributed by atoms with Crippen molar-refractivity contribution in [2.45, 2.75) is 18.7 Å². The minimum absolute atomic E-state index is 0.205. The second-order valence-corrected chi connectivity index (χ2v) is 5.65. The Morgan fingerprint density at radius 3 is 2.14 bits per heavy atom. The molecule has 0 atom stereocenters. The van der Waals surface area contributed by atoms with Gasteiger partial charge in [-0.2, -0.15) is 0 Å². The van der Waals surface area contributed by atoms with Crippen molar-refractivity contribution in [1.29, 1.82) is 0 Å². The van der Waals surface area contributed by atoms with Gasteiger partial charge < -0.3 is 0 Å². The second kappa shape index (κ2) is 6.28. The highest BCUT2D eigenvalue weighted by Gasteiger charge is 2.28. The van der Waals surface area contributed by atoms with Gasteiger partial charge in [0.05, 0.1) is 9.82 Å². The molecule has 0 bridgehead atoms. The molecule has 0 aliphatic heterocycles. The van der Waals surface area contributed by atoms with Gasteiger partial charge in [-0.25, -0.2) is 8.42 Å². The number of hydrogen-bond donors (Lipinski definition) is 2. The average molecular weight is 316 g/mol. The summed E-state index contributed by atoms with van der Waals surface area (Å²) in [6, 6.07) is 4.19. The molecule has 0 aromatic heterocycles. The van der Waals surface area contributed by atoms with Crippen LogP contribution in [0.15, 0.2) is 29.2 Å². The van der Waals surface area contributed by atoms with E-state index in [0.717, 1.165) is 32.0 Å². The zero-order valence-corrected chi connectivity index (χ0v) is 11.9. The Morgan fingerprint density at radius 1 is 1.19 bits per heavy atom. The Balaban J connectivity index is 3.27. The van der Waals surface area contributed by atoms with Crippen LogP contribution in [0.4, 0.5) is 5.69 Å². The van der Waals surface area contributed by atoms with Gasteiger partial charge in [0, 0.05) is 26.0 Å². The number of carbonyl (C=O) groups is 2. The van der Waals surface area contributed by atoms with Crippen LogP contribution in [0, 0.1) is 10.1 Å². The summed E-state index contributed by atoms with van der Waals surface area (Å²) >= 11 is 0. The summed E-state index contributed by atoms with van der Waals surface area (Å²) in [7, 11) is -4.38. The number of amides is 2. The van der Waals surface area contributed by atoms with Crippen LogP contribution >= 0.6 is 0 Å². The number of nitro groups is 1. The fourth-order valence-electron chi connectivity index (χ4n) is 1.30. The molecule has 2 amide bonds.